The van der Waals surface area contributed by atoms with Gasteiger partial charge in [-0.2, -0.15) is 4.98 Å². The Bertz CT molecular complexity index is 1210. The van der Waals surface area contributed by atoms with Gasteiger partial charge in [-0.25, -0.2) is 14.6 Å². The molecule has 0 saturated carbocycles. The van der Waals surface area contributed by atoms with Crippen LogP contribution in [0.3, 0.4) is 0 Å². The standard InChI is InChI=1S/C23H27ClN6O4/c1-2-3-7-11-28-18-17(26-21(24)27-18)20(32)30(23(28)34)13-8-12-29-19(31)16(25-22(29)33)14-15-9-5-4-6-10-15/h4-6,9-10,16,32H,2-3,7-8,11-14H2,1H3,(H,25,33)/p-1. The Morgan fingerprint density at radius 3 is 2.47 bits per heavy atom. The summed E-state index contributed by atoms with van der Waals surface area (Å²) in [6, 6.07) is 8.33. The van der Waals surface area contributed by atoms with E-state index >= 15 is 0 Å². The van der Waals surface area contributed by atoms with E-state index in [1.54, 1.807) is 0 Å². The summed E-state index contributed by atoms with van der Waals surface area (Å²) in [5.74, 6) is -0.710. The lowest BCUT2D eigenvalue weighted by Crippen LogP contribution is -2.37. The smallest absolute Gasteiger partial charge is 0.329 e. The number of carbonyl (C=O) groups is 2. The number of halogens is 1. The van der Waals surface area contributed by atoms with Crippen LogP contribution in [0.4, 0.5) is 4.79 Å². The van der Waals surface area contributed by atoms with Crippen LogP contribution in [0.25, 0.3) is 11.5 Å². The summed E-state index contributed by atoms with van der Waals surface area (Å²) in [6.07, 6.45) is 3.29. The Hall–Kier alpha value is -3.40. The number of rotatable bonds is 10. The lowest BCUT2D eigenvalue weighted by atomic mass is 10.1. The van der Waals surface area contributed by atoms with Crippen LogP contribution in [-0.4, -0.2) is 48.5 Å². The Morgan fingerprint density at radius 2 is 1.74 bits per heavy atom. The average molecular weight is 486 g/mol. The number of hydrogen-bond donors (Lipinski definition) is 1. The highest BCUT2D eigenvalue weighted by atomic mass is 35.5. The number of urea groups is 1. The van der Waals surface area contributed by atoms with Crippen molar-refractivity contribution in [3.63, 3.8) is 0 Å². The third-order valence-corrected chi connectivity index (χ3v) is 6.09. The number of imidazole rings is 1. The molecule has 3 amide bonds. The minimum absolute atomic E-state index is 0.0340. The number of imide groups is 1. The molecule has 180 valence electrons. The van der Waals surface area contributed by atoms with Crippen molar-refractivity contribution in [2.75, 3.05) is 6.54 Å². The molecule has 1 atom stereocenters. The fourth-order valence-electron chi connectivity index (χ4n) is 4.17. The van der Waals surface area contributed by atoms with Crippen LogP contribution in [0.5, 0.6) is 5.88 Å². The van der Waals surface area contributed by atoms with E-state index in [1.807, 2.05) is 30.3 Å². The molecule has 3 aliphatic heterocycles. The van der Waals surface area contributed by atoms with Gasteiger partial charge in [-0.1, -0.05) is 50.1 Å². The van der Waals surface area contributed by atoms with Crippen LogP contribution in [-0.2, 0) is 24.3 Å². The van der Waals surface area contributed by atoms with Crippen molar-refractivity contribution < 1.29 is 14.7 Å². The van der Waals surface area contributed by atoms with E-state index in [2.05, 4.69) is 22.2 Å². The van der Waals surface area contributed by atoms with Crippen LogP contribution in [0.2, 0.25) is 5.28 Å². The van der Waals surface area contributed by atoms with E-state index in [4.69, 9.17) is 11.6 Å². The lowest BCUT2D eigenvalue weighted by molar-refractivity contribution is -0.279. The molecule has 1 aromatic rings. The molecule has 1 saturated heterocycles. The van der Waals surface area contributed by atoms with Crippen LogP contribution in [0.1, 0.15) is 38.2 Å². The van der Waals surface area contributed by atoms with Crippen molar-refractivity contribution in [1.82, 2.24) is 29.3 Å². The maximum atomic E-state index is 13.1. The first kappa shape index (κ1) is 23.7. The third kappa shape index (κ3) is 4.77. The van der Waals surface area contributed by atoms with Crippen molar-refractivity contribution in [2.24, 2.45) is 0 Å². The van der Waals surface area contributed by atoms with E-state index in [0.717, 1.165) is 34.3 Å². The summed E-state index contributed by atoms with van der Waals surface area (Å²) in [6.45, 7) is 2.57. The highest BCUT2D eigenvalue weighted by Gasteiger charge is 2.37. The van der Waals surface area contributed by atoms with E-state index in [-0.39, 0.29) is 42.2 Å². The second-order valence-corrected chi connectivity index (χ2v) is 8.64. The van der Waals surface area contributed by atoms with Gasteiger partial charge in [0.05, 0.1) is 0 Å². The van der Waals surface area contributed by atoms with E-state index in [0.29, 0.717) is 13.0 Å². The van der Waals surface area contributed by atoms with Gasteiger partial charge in [0.2, 0.25) is 5.28 Å². The molecule has 10 nitrogen and oxygen atoms in total. The highest BCUT2D eigenvalue weighted by molar-refractivity contribution is 6.28. The van der Waals surface area contributed by atoms with E-state index in [9.17, 15) is 19.5 Å². The second-order valence-electron chi connectivity index (χ2n) is 8.30. The summed E-state index contributed by atoms with van der Waals surface area (Å²) in [5.41, 5.74) is 0.490. The Morgan fingerprint density at radius 1 is 1.00 bits per heavy atom. The minimum Gasteiger partial charge on any atom is -0.858 e. The van der Waals surface area contributed by atoms with Gasteiger partial charge in [0, 0.05) is 26.1 Å². The number of hydrogen-bond acceptors (Lipinski definition) is 6. The summed E-state index contributed by atoms with van der Waals surface area (Å²) in [4.78, 5) is 47.4. The molecule has 0 aliphatic carbocycles. The SMILES string of the molecule is CCCCCn1c2nc(Cl)nc-2c([O-])n(CCCN2C(=O)NC(Cc3ccccc3)C2=O)c1=O. The molecular formula is C23H26ClN6O4-. The molecule has 1 aromatic carbocycles. The van der Waals surface area contributed by atoms with Crippen LogP contribution >= 0.6 is 11.6 Å². The largest absolute Gasteiger partial charge is 0.858 e. The summed E-state index contributed by atoms with van der Waals surface area (Å²) >= 11 is 5.91. The maximum absolute atomic E-state index is 13.1. The fourth-order valence-corrected chi connectivity index (χ4v) is 4.34. The zero-order valence-electron chi connectivity index (χ0n) is 18.9. The molecular weight excluding hydrogens is 460 g/mol. The van der Waals surface area contributed by atoms with Gasteiger partial charge in [-0.3, -0.25) is 14.3 Å². The number of nitrogens with one attached hydrogen (secondary N) is 1. The Labute approximate surface area is 201 Å². The number of carbonyl (C=O) groups excluding carboxylic acids is 2. The summed E-state index contributed by atoms with van der Waals surface area (Å²) in [5, 5.41) is 15.5. The molecule has 0 radical (unpaired) electrons. The molecule has 3 aliphatic rings. The van der Waals surface area contributed by atoms with Gasteiger partial charge in [-0.05, 0) is 35.9 Å². The first-order chi connectivity index (χ1) is 16.4. The minimum atomic E-state index is -0.633. The number of fused-ring (bicyclic) bond motifs is 1. The summed E-state index contributed by atoms with van der Waals surface area (Å²) < 4.78 is 2.51. The van der Waals surface area contributed by atoms with E-state index < -0.39 is 23.6 Å². The van der Waals surface area contributed by atoms with Crippen molar-refractivity contribution in [2.45, 2.75) is 58.2 Å². The Balaban J connectivity index is 1.47. The molecule has 11 heteroatoms. The van der Waals surface area contributed by atoms with Crippen LogP contribution in [0, 0.1) is 0 Å². The molecule has 1 unspecified atom stereocenters. The summed E-state index contributed by atoms with van der Waals surface area (Å²) in [7, 11) is 0. The monoisotopic (exact) mass is 485 g/mol. The maximum Gasteiger partial charge on any atom is 0.329 e. The van der Waals surface area contributed by atoms with E-state index in [1.165, 1.54) is 4.57 Å². The quantitative estimate of drug-likeness (QED) is 0.266. The van der Waals surface area contributed by atoms with Gasteiger partial charge in [0.1, 0.15) is 11.7 Å². The van der Waals surface area contributed by atoms with Crippen LogP contribution < -0.4 is 16.1 Å². The van der Waals surface area contributed by atoms with Crippen molar-refractivity contribution in [3.8, 4) is 17.4 Å². The molecule has 1 N–H and O–H groups in total. The van der Waals surface area contributed by atoms with Gasteiger partial charge in [0.15, 0.2) is 5.82 Å². The second kappa shape index (κ2) is 10.3. The first-order valence-corrected chi connectivity index (χ1v) is 11.8. The number of unbranched alkanes of at least 4 members (excludes halogenated alkanes) is 2. The first-order valence-electron chi connectivity index (χ1n) is 11.4. The van der Waals surface area contributed by atoms with Gasteiger partial charge in [0.25, 0.3) is 5.91 Å². The molecule has 34 heavy (non-hydrogen) atoms. The topological polar surface area (TPSA) is 125 Å². The van der Waals surface area contributed by atoms with Crippen molar-refractivity contribution in [3.05, 3.63) is 51.7 Å². The van der Waals surface area contributed by atoms with Gasteiger partial charge in [-0.15, -0.1) is 0 Å². The predicted molar refractivity (Wildman–Crippen MR) is 124 cm³/mol. The number of benzene rings is 1. The fraction of sp³-hybridized carbons (Fsp3) is 0.435. The molecule has 3 heterocycles. The zero-order valence-corrected chi connectivity index (χ0v) is 19.6. The molecule has 0 aromatic heterocycles. The number of nitrogens with zero attached hydrogens (tertiary/aromatic N) is 5. The lowest BCUT2D eigenvalue weighted by Gasteiger charge is -2.23. The molecule has 0 spiro atoms. The molecule has 1 fully saturated rings. The normalized spacial score (nSPS) is 15.9. The average Bonchev–Trinajstić information content (AvgIpc) is 3.33. The van der Waals surface area contributed by atoms with Gasteiger partial charge < -0.3 is 15.0 Å². The molecule has 4 rings (SSSR count). The zero-order chi connectivity index (χ0) is 24.2. The Kier molecular flexibility index (Phi) is 7.16. The molecule has 0 bridgehead atoms. The van der Waals surface area contributed by atoms with Gasteiger partial charge >= 0.3 is 11.7 Å². The highest BCUT2D eigenvalue weighted by Crippen LogP contribution is 2.27. The van der Waals surface area contributed by atoms with Crippen molar-refractivity contribution >= 4 is 23.5 Å². The van der Waals surface area contributed by atoms with Crippen LogP contribution in [0.15, 0.2) is 35.1 Å². The van der Waals surface area contributed by atoms with Crippen molar-refractivity contribution in [1.29, 1.82) is 0 Å². The number of aromatic nitrogens is 4. The predicted octanol–water partition coefficient (Wildman–Crippen LogP) is 2.01. The number of amides is 3. The third-order valence-electron chi connectivity index (χ3n) is 5.92.